The normalized spacial score (nSPS) is 10.8. The number of halogens is 3. The summed E-state index contributed by atoms with van der Waals surface area (Å²) in [5.41, 5.74) is 1.01. The van der Waals surface area contributed by atoms with Gasteiger partial charge in [0.1, 0.15) is 5.82 Å². The highest BCUT2D eigenvalue weighted by atomic mass is 32.2. The smallest absolute Gasteiger partial charge is 0.475 e. The number of carboxylic acid groups (broad SMARTS) is 1. The lowest BCUT2D eigenvalue weighted by Gasteiger charge is -2.14. The van der Waals surface area contributed by atoms with Crippen LogP contribution in [-0.2, 0) is 11.3 Å². The molecule has 1 amide bonds. The van der Waals surface area contributed by atoms with Gasteiger partial charge < -0.3 is 15.0 Å². The number of aliphatic carboxylic acids is 1. The molecule has 2 heterocycles. The van der Waals surface area contributed by atoms with Gasteiger partial charge in [0.25, 0.3) is 5.91 Å². The summed E-state index contributed by atoms with van der Waals surface area (Å²) in [5.74, 6) is -0.877. The van der Waals surface area contributed by atoms with Crippen LogP contribution in [0.3, 0.4) is 0 Å². The third kappa shape index (κ3) is 7.08. The highest BCUT2D eigenvalue weighted by molar-refractivity contribution is 8.01. The van der Waals surface area contributed by atoms with E-state index in [2.05, 4.69) is 16.9 Å². The van der Waals surface area contributed by atoms with Gasteiger partial charge in [-0.1, -0.05) is 6.92 Å². The SMILES string of the molecule is CCSc1ccc(C(=O)N(C)Cc2ncc(C)[nH]2)s1.O=C(O)C(F)(F)F. The molecule has 0 atom stereocenters. The van der Waals surface area contributed by atoms with Crippen LogP contribution in [0.2, 0.25) is 0 Å². The van der Waals surface area contributed by atoms with Crippen molar-refractivity contribution >= 4 is 35.0 Å². The number of thioether (sulfide) groups is 1. The van der Waals surface area contributed by atoms with Crippen molar-refractivity contribution in [3.05, 3.63) is 34.7 Å². The van der Waals surface area contributed by atoms with Gasteiger partial charge in [0, 0.05) is 18.9 Å². The van der Waals surface area contributed by atoms with Crippen LogP contribution in [0.15, 0.2) is 22.5 Å². The summed E-state index contributed by atoms with van der Waals surface area (Å²) in [4.78, 5) is 31.0. The van der Waals surface area contributed by atoms with E-state index in [0.717, 1.165) is 22.1 Å². The van der Waals surface area contributed by atoms with E-state index in [9.17, 15) is 18.0 Å². The van der Waals surface area contributed by atoms with Crippen molar-refractivity contribution in [2.45, 2.75) is 30.8 Å². The second-order valence-electron chi connectivity index (χ2n) is 5.03. The summed E-state index contributed by atoms with van der Waals surface area (Å²) in [7, 11) is 1.80. The maximum atomic E-state index is 12.3. The molecule has 2 rings (SSSR count). The number of hydrogen-bond acceptors (Lipinski definition) is 5. The third-order valence-electron chi connectivity index (χ3n) is 2.81. The molecule has 144 valence electrons. The Kier molecular flexibility index (Phi) is 8.15. The number of alkyl halides is 3. The fourth-order valence-corrected chi connectivity index (χ4v) is 3.73. The van der Waals surface area contributed by atoms with Crippen LogP contribution in [0.1, 0.15) is 28.1 Å². The number of imidazole rings is 1. The molecule has 0 aromatic carbocycles. The van der Waals surface area contributed by atoms with Crippen molar-refractivity contribution in [2.75, 3.05) is 12.8 Å². The molecule has 11 heteroatoms. The largest absolute Gasteiger partial charge is 0.490 e. The van der Waals surface area contributed by atoms with Crippen molar-refractivity contribution in [1.29, 1.82) is 0 Å². The van der Waals surface area contributed by atoms with E-state index >= 15 is 0 Å². The average molecular weight is 409 g/mol. The number of nitrogens with zero attached hydrogens (tertiary/aromatic N) is 2. The number of H-pyrrole nitrogens is 1. The lowest BCUT2D eigenvalue weighted by atomic mass is 10.4. The molecule has 2 aromatic rings. The van der Waals surface area contributed by atoms with Gasteiger partial charge in [-0.3, -0.25) is 4.79 Å². The number of nitrogens with one attached hydrogen (secondary N) is 1. The lowest BCUT2D eigenvalue weighted by molar-refractivity contribution is -0.192. The van der Waals surface area contributed by atoms with Crippen LogP contribution in [-0.4, -0.2) is 50.8 Å². The van der Waals surface area contributed by atoms with Crippen LogP contribution < -0.4 is 0 Å². The first-order valence-electron chi connectivity index (χ1n) is 7.33. The van der Waals surface area contributed by atoms with E-state index in [0.29, 0.717) is 6.54 Å². The molecule has 0 aliphatic heterocycles. The summed E-state index contributed by atoms with van der Waals surface area (Å²) < 4.78 is 32.9. The number of carboxylic acids is 1. The molecule has 6 nitrogen and oxygen atoms in total. The number of aryl methyl sites for hydroxylation is 1. The van der Waals surface area contributed by atoms with Gasteiger partial charge in [0.2, 0.25) is 0 Å². The molecule has 26 heavy (non-hydrogen) atoms. The first-order chi connectivity index (χ1) is 12.0. The summed E-state index contributed by atoms with van der Waals surface area (Å²) >= 11 is 3.31. The number of amides is 1. The maximum absolute atomic E-state index is 12.3. The molecule has 2 N–H and O–H groups in total. The number of rotatable bonds is 5. The first kappa shape index (κ1) is 22.0. The van der Waals surface area contributed by atoms with Gasteiger partial charge in [0.05, 0.1) is 15.6 Å². The highest BCUT2D eigenvalue weighted by Crippen LogP contribution is 2.27. The Balaban J connectivity index is 0.000000412. The zero-order valence-corrected chi connectivity index (χ0v) is 15.9. The Morgan fingerprint density at radius 1 is 1.38 bits per heavy atom. The third-order valence-corrected chi connectivity index (χ3v) is 4.99. The van der Waals surface area contributed by atoms with Crippen LogP contribution in [0, 0.1) is 6.92 Å². The van der Waals surface area contributed by atoms with E-state index in [1.54, 1.807) is 41.2 Å². The second-order valence-corrected chi connectivity index (χ2v) is 7.68. The van der Waals surface area contributed by atoms with E-state index < -0.39 is 12.1 Å². The molecule has 2 aromatic heterocycles. The van der Waals surface area contributed by atoms with Gasteiger partial charge in [-0.25, -0.2) is 9.78 Å². The number of hydrogen-bond donors (Lipinski definition) is 2. The molecular formula is C15H18F3N3O3S2. The zero-order valence-electron chi connectivity index (χ0n) is 14.3. The van der Waals surface area contributed by atoms with Gasteiger partial charge in [-0.15, -0.1) is 23.1 Å². The molecule has 0 saturated carbocycles. The predicted molar refractivity (Wildman–Crippen MR) is 93.5 cm³/mol. The Labute approximate surface area is 156 Å². The highest BCUT2D eigenvalue weighted by Gasteiger charge is 2.38. The molecule has 0 saturated heterocycles. The van der Waals surface area contributed by atoms with Gasteiger partial charge in [-0.2, -0.15) is 13.2 Å². The predicted octanol–water partition coefficient (Wildman–Crippen LogP) is 3.80. The average Bonchev–Trinajstić information content (AvgIpc) is 3.16. The first-order valence-corrected chi connectivity index (χ1v) is 9.13. The summed E-state index contributed by atoms with van der Waals surface area (Å²) in [6.07, 6.45) is -3.31. The van der Waals surface area contributed by atoms with Crippen LogP contribution in [0.25, 0.3) is 0 Å². The van der Waals surface area contributed by atoms with Gasteiger partial charge in [0.15, 0.2) is 0 Å². The Bertz CT molecular complexity index is 744. The number of aromatic nitrogens is 2. The summed E-state index contributed by atoms with van der Waals surface area (Å²) in [6.45, 7) is 4.56. The monoisotopic (exact) mass is 409 g/mol. The van der Waals surface area contributed by atoms with Gasteiger partial charge >= 0.3 is 12.1 Å². The van der Waals surface area contributed by atoms with Crippen molar-refractivity contribution in [2.24, 2.45) is 0 Å². The maximum Gasteiger partial charge on any atom is 0.490 e. The number of aromatic amines is 1. The Hall–Kier alpha value is -2.01. The molecule has 0 spiro atoms. The minimum atomic E-state index is -5.08. The lowest BCUT2D eigenvalue weighted by Crippen LogP contribution is -2.25. The van der Waals surface area contributed by atoms with Crippen molar-refractivity contribution in [1.82, 2.24) is 14.9 Å². The standard InChI is InChI=1S/C13H17N3OS2.C2HF3O2/c1-4-18-12-6-5-10(19-12)13(17)16(3)8-11-14-7-9(2)15-11;3-2(4,5)1(6)7/h5-7H,4,8H2,1-3H3,(H,14,15);(H,6,7). The Morgan fingerprint density at radius 2 is 2.00 bits per heavy atom. The molecule has 0 fully saturated rings. The zero-order chi connectivity index (χ0) is 19.9. The molecule has 0 aliphatic carbocycles. The molecule has 0 aliphatic rings. The summed E-state index contributed by atoms with van der Waals surface area (Å²) in [6, 6.07) is 3.91. The fraction of sp³-hybridized carbons (Fsp3) is 0.400. The fourth-order valence-electron chi connectivity index (χ4n) is 1.69. The number of thiophene rings is 1. The Morgan fingerprint density at radius 3 is 2.46 bits per heavy atom. The summed E-state index contributed by atoms with van der Waals surface area (Å²) in [5, 5.41) is 7.12. The molecule has 0 bridgehead atoms. The van der Waals surface area contributed by atoms with E-state index in [-0.39, 0.29) is 5.91 Å². The van der Waals surface area contributed by atoms with Gasteiger partial charge in [-0.05, 0) is 24.8 Å². The van der Waals surface area contributed by atoms with E-state index in [1.807, 2.05) is 19.1 Å². The molecule has 0 radical (unpaired) electrons. The van der Waals surface area contributed by atoms with E-state index in [1.165, 1.54) is 4.21 Å². The number of carbonyl (C=O) groups excluding carboxylic acids is 1. The molecule has 0 unspecified atom stereocenters. The quantitative estimate of drug-likeness (QED) is 0.734. The molecular weight excluding hydrogens is 391 g/mol. The van der Waals surface area contributed by atoms with E-state index in [4.69, 9.17) is 9.90 Å². The number of carbonyl (C=O) groups is 2. The minimum absolute atomic E-state index is 0.0435. The van der Waals surface area contributed by atoms with Crippen LogP contribution in [0.5, 0.6) is 0 Å². The topological polar surface area (TPSA) is 86.3 Å². The van der Waals surface area contributed by atoms with Crippen LogP contribution in [0.4, 0.5) is 13.2 Å². The van der Waals surface area contributed by atoms with Crippen LogP contribution >= 0.6 is 23.1 Å². The second kappa shape index (κ2) is 9.62. The minimum Gasteiger partial charge on any atom is -0.475 e. The van der Waals surface area contributed by atoms with Crippen molar-refractivity contribution in [3.63, 3.8) is 0 Å². The van der Waals surface area contributed by atoms with Crippen molar-refractivity contribution < 1.29 is 27.9 Å². The van der Waals surface area contributed by atoms with Crippen molar-refractivity contribution in [3.8, 4) is 0 Å².